The first-order valence-corrected chi connectivity index (χ1v) is 13.4. The Morgan fingerprint density at radius 1 is 1.08 bits per heavy atom. The summed E-state index contributed by atoms with van der Waals surface area (Å²) < 4.78 is 18.9. The van der Waals surface area contributed by atoms with Gasteiger partial charge in [-0.15, -0.1) is 0 Å². The molecule has 10 heteroatoms. The summed E-state index contributed by atoms with van der Waals surface area (Å²) in [6.45, 7) is 9.75. The summed E-state index contributed by atoms with van der Waals surface area (Å²) in [6, 6.07) is 14.4. The molecule has 4 aromatic rings. The number of carboxylic acid groups (broad SMARTS) is 1. The van der Waals surface area contributed by atoms with Gasteiger partial charge in [-0.25, -0.2) is 9.78 Å². The van der Waals surface area contributed by atoms with Crippen LogP contribution in [0.15, 0.2) is 47.0 Å². The molecule has 206 valence electrons. The molecule has 1 aliphatic rings. The van der Waals surface area contributed by atoms with Crippen molar-refractivity contribution in [3.05, 3.63) is 65.3 Å². The van der Waals surface area contributed by atoms with E-state index >= 15 is 0 Å². The zero-order valence-corrected chi connectivity index (χ0v) is 22.5. The molecule has 0 radical (unpaired) electrons. The Bertz CT molecular complexity index is 1390. The van der Waals surface area contributed by atoms with E-state index in [0.29, 0.717) is 0 Å². The number of carbonyl (C=O) groups is 1. The summed E-state index contributed by atoms with van der Waals surface area (Å²) in [4.78, 5) is 18.1. The first kappa shape index (κ1) is 26.7. The first-order chi connectivity index (χ1) is 19.0. The van der Waals surface area contributed by atoms with Crippen LogP contribution in [0.1, 0.15) is 22.8 Å². The Morgan fingerprint density at radius 2 is 1.87 bits per heavy atom. The Balaban J connectivity index is 1.32. The molecule has 1 aliphatic heterocycles. The van der Waals surface area contributed by atoms with Gasteiger partial charge in [0.15, 0.2) is 0 Å². The lowest BCUT2D eigenvalue weighted by Crippen LogP contribution is -2.38. The van der Waals surface area contributed by atoms with E-state index in [-0.39, 0.29) is 13.2 Å². The minimum Gasteiger partial charge on any atom is -0.492 e. The van der Waals surface area contributed by atoms with Gasteiger partial charge in [-0.3, -0.25) is 4.90 Å². The second kappa shape index (κ2) is 12.3. The van der Waals surface area contributed by atoms with Crippen LogP contribution in [0.2, 0.25) is 0 Å². The molecular formula is C29H35N5O5. The predicted octanol–water partition coefficient (Wildman–Crippen LogP) is 4.07. The summed E-state index contributed by atoms with van der Waals surface area (Å²) >= 11 is 0. The summed E-state index contributed by atoms with van der Waals surface area (Å²) in [5.74, 6) is 2.59. The molecule has 1 saturated heterocycles. The topological polar surface area (TPSA) is 115 Å². The minimum absolute atomic E-state index is 0.246. The average Bonchev–Trinajstić information content (AvgIpc) is 3.47. The molecule has 0 bridgehead atoms. The molecule has 0 aliphatic carbocycles. The molecule has 1 fully saturated rings. The van der Waals surface area contributed by atoms with Gasteiger partial charge in [-0.1, -0.05) is 23.4 Å². The van der Waals surface area contributed by atoms with Crippen molar-refractivity contribution >= 4 is 17.1 Å². The third-order valence-electron chi connectivity index (χ3n) is 7.10. The fourth-order valence-corrected chi connectivity index (χ4v) is 5.07. The van der Waals surface area contributed by atoms with Crippen molar-refractivity contribution in [2.24, 2.45) is 0 Å². The van der Waals surface area contributed by atoms with Crippen LogP contribution in [0.4, 0.5) is 4.79 Å². The summed E-state index contributed by atoms with van der Waals surface area (Å²) in [6.07, 6.45) is 0.601. The third-order valence-corrected chi connectivity index (χ3v) is 7.10. The molecule has 2 aromatic carbocycles. The monoisotopic (exact) mass is 533 g/mol. The van der Waals surface area contributed by atoms with Crippen LogP contribution in [-0.2, 0) is 24.1 Å². The number of morpholine rings is 1. The normalized spacial score (nSPS) is 14.1. The van der Waals surface area contributed by atoms with E-state index in [9.17, 15) is 4.79 Å². The number of imidazole rings is 1. The Morgan fingerprint density at radius 3 is 2.59 bits per heavy atom. The van der Waals surface area contributed by atoms with Gasteiger partial charge in [0.05, 0.1) is 36.5 Å². The van der Waals surface area contributed by atoms with Gasteiger partial charge in [0.2, 0.25) is 0 Å². The van der Waals surface area contributed by atoms with Crippen molar-refractivity contribution in [1.82, 2.24) is 24.9 Å². The number of ether oxygens (including phenoxy) is 2. The molecule has 2 aromatic heterocycles. The number of amides is 1. The highest BCUT2D eigenvalue weighted by Gasteiger charge is 2.17. The van der Waals surface area contributed by atoms with E-state index in [1.54, 1.807) is 0 Å². The van der Waals surface area contributed by atoms with E-state index < -0.39 is 6.09 Å². The van der Waals surface area contributed by atoms with Gasteiger partial charge < -0.3 is 29.0 Å². The summed E-state index contributed by atoms with van der Waals surface area (Å²) in [5.41, 5.74) is 6.27. The molecule has 0 atom stereocenters. The van der Waals surface area contributed by atoms with Gasteiger partial charge in [-0.05, 0) is 55.7 Å². The third kappa shape index (κ3) is 6.58. The fourth-order valence-electron chi connectivity index (χ4n) is 5.07. The van der Waals surface area contributed by atoms with E-state index in [4.69, 9.17) is 24.1 Å². The highest BCUT2D eigenvalue weighted by atomic mass is 16.5. The van der Waals surface area contributed by atoms with E-state index in [0.717, 1.165) is 97.4 Å². The maximum absolute atomic E-state index is 10.6. The lowest BCUT2D eigenvalue weighted by molar-refractivity contribution is 0.0364. The molecule has 1 amide bonds. The molecular weight excluding hydrogens is 498 g/mol. The van der Waals surface area contributed by atoms with Gasteiger partial charge >= 0.3 is 6.09 Å². The van der Waals surface area contributed by atoms with Crippen LogP contribution in [0, 0.1) is 13.8 Å². The SMILES string of the molecule is Cc1noc(C)c1-c1ccc2c(c1)nc(CCc1ccc(OCCNC(=O)O)cc1)n2CCN1CCOCC1. The number of aryl methyl sites for hydroxylation is 4. The molecule has 0 saturated carbocycles. The van der Waals surface area contributed by atoms with Crippen molar-refractivity contribution in [3.8, 4) is 16.9 Å². The lowest BCUT2D eigenvalue weighted by Gasteiger charge is -2.27. The molecule has 0 spiro atoms. The molecule has 3 heterocycles. The van der Waals surface area contributed by atoms with Crippen molar-refractivity contribution < 1.29 is 23.9 Å². The van der Waals surface area contributed by atoms with Crippen molar-refractivity contribution in [2.75, 3.05) is 46.0 Å². The Labute approximate surface area is 227 Å². The fraction of sp³-hybridized carbons (Fsp3) is 0.414. The number of hydrogen-bond acceptors (Lipinski definition) is 7. The quantitative estimate of drug-likeness (QED) is 0.277. The van der Waals surface area contributed by atoms with Gasteiger partial charge in [0, 0.05) is 38.2 Å². The predicted molar refractivity (Wildman–Crippen MR) is 147 cm³/mol. The number of rotatable bonds is 11. The van der Waals surface area contributed by atoms with E-state index in [1.165, 1.54) is 5.56 Å². The number of nitrogens with zero attached hydrogens (tertiary/aromatic N) is 4. The molecule has 10 nitrogen and oxygen atoms in total. The molecule has 5 rings (SSSR count). The van der Waals surface area contributed by atoms with E-state index in [2.05, 4.69) is 50.3 Å². The maximum Gasteiger partial charge on any atom is 0.404 e. The highest BCUT2D eigenvalue weighted by molar-refractivity contribution is 5.83. The summed E-state index contributed by atoms with van der Waals surface area (Å²) in [7, 11) is 0. The van der Waals surface area contributed by atoms with Crippen LogP contribution in [0.5, 0.6) is 5.75 Å². The van der Waals surface area contributed by atoms with Crippen molar-refractivity contribution in [2.45, 2.75) is 33.2 Å². The zero-order chi connectivity index (χ0) is 27.2. The smallest absolute Gasteiger partial charge is 0.404 e. The Hall–Kier alpha value is -3.89. The maximum atomic E-state index is 10.6. The van der Waals surface area contributed by atoms with Gasteiger partial charge in [0.1, 0.15) is 23.9 Å². The van der Waals surface area contributed by atoms with Gasteiger partial charge in [-0.2, -0.15) is 0 Å². The lowest BCUT2D eigenvalue weighted by atomic mass is 10.0. The second-order valence-corrected chi connectivity index (χ2v) is 9.76. The minimum atomic E-state index is -1.05. The van der Waals surface area contributed by atoms with Crippen LogP contribution >= 0.6 is 0 Å². The average molecular weight is 534 g/mol. The number of hydrogen-bond donors (Lipinski definition) is 2. The standard InChI is InChI=1S/C29H35N5O5/c1-20-28(21(2)39-32-20)23-6-9-26-25(19-23)31-27(34(26)13-12-33-14-17-37-18-15-33)10-5-22-3-7-24(8-4-22)38-16-11-30-29(35)36/h3-4,6-9,19,30H,5,10-18H2,1-2H3,(H,35,36). The van der Waals surface area contributed by atoms with Crippen LogP contribution < -0.4 is 10.1 Å². The molecule has 0 unspecified atom stereocenters. The largest absolute Gasteiger partial charge is 0.492 e. The second-order valence-electron chi connectivity index (χ2n) is 9.76. The number of aromatic nitrogens is 3. The van der Waals surface area contributed by atoms with Crippen molar-refractivity contribution in [3.63, 3.8) is 0 Å². The van der Waals surface area contributed by atoms with Crippen LogP contribution in [0.25, 0.3) is 22.2 Å². The summed E-state index contributed by atoms with van der Waals surface area (Å²) in [5, 5.41) is 15.1. The number of benzene rings is 2. The van der Waals surface area contributed by atoms with Crippen LogP contribution in [0.3, 0.4) is 0 Å². The highest BCUT2D eigenvalue weighted by Crippen LogP contribution is 2.30. The Kier molecular flexibility index (Phi) is 8.43. The molecule has 2 N–H and O–H groups in total. The number of fused-ring (bicyclic) bond motifs is 1. The van der Waals surface area contributed by atoms with Crippen molar-refractivity contribution in [1.29, 1.82) is 0 Å². The number of nitrogens with one attached hydrogen (secondary N) is 1. The van der Waals surface area contributed by atoms with Gasteiger partial charge in [0.25, 0.3) is 0 Å². The van der Waals surface area contributed by atoms with Crippen LogP contribution in [-0.4, -0.2) is 76.8 Å². The van der Waals surface area contributed by atoms with E-state index in [1.807, 2.05) is 26.0 Å². The molecule has 39 heavy (non-hydrogen) atoms. The zero-order valence-electron chi connectivity index (χ0n) is 22.5. The first-order valence-electron chi connectivity index (χ1n) is 13.4.